The molecule has 8 nitrogen and oxygen atoms in total. The number of non-ortho nitro benzene ring substituents is 1. The van der Waals surface area contributed by atoms with Gasteiger partial charge in [-0.15, -0.1) is 0 Å². The number of aryl methyl sites for hydroxylation is 1. The van der Waals surface area contributed by atoms with Crippen LogP contribution < -0.4 is 10.1 Å². The molecule has 1 amide bonds. The highest BCUT2D eigenvalue weighted by atomic mass is 16.6. The number of benzene rings is 2. The van der Waals surface area contributed by atoms with Gasteiger partial charge in [-0.3, -0.25) is 14.9 Å². The van der Waals surface area contributed by atoms with Crippen LogP contribution in [-0.2, 0) is 4.79 Å². The molecule has 3 aromatic rings. The molecule has 2 aromatic carbocycles. The second-order valence-electron chi connectivity index (χ2n) is 6.79. The van der Waals surface area contributed by atoms with Crippen LogP contribution >= 0.6 is 0 Å². The highest BCUT2D eigenvalue weighted by molar-refractivity contribution is 6.09. The number of nitriles is 1. The number of hydrogen-bond acceptors (Lipinski definition) is 5. The van der Waals surface area contributed by atoms with E-state index in [0.29, 0.717) is 17.0 Å². The molecule has 0 bridgehead atoms. The van der Waals surface area contributed by atoms with Crippen LogP contribution in [0.25, 0.3) is 11.8 Å². The Morgan fingerprint density at radius 3 is 2.35 bits per heavy atom. The first kappa shape index (κ1) is 21.3. The van der Waals surface area contributed by atoms with Gasteiger partial charge in [0.15, 0.2) is 0 Å². The summed E-state index contributed by atoms with van der Waals surface area (Å²) in [5.41, 5.74) is 3.64. The van der Waals surface area contributed by atoms with E-state index in [1.165, 1.54) is 18.2 Å². The van der Waals surface area contributed by atoms with E-state index >= 15 is 0 Å². The van der Waals surface area contributed by atoms with Gasteiger partial charge in [0.25, 0.3) is 11.6 Å². The molecule has 0 aliphatic carbocycles. The number of methoxy groups -OCH3 is 1. The highest BCUT2D eigenvalue weighted by Gasteiger charge is 2.15. The highest BCUT2D eigenvalue weighted by Crippen LogP contribution is 2.25. The smallest absolute Gasteiger partial charge is 0.269 e. The van der Waals surface area contributed by atoms with Crippen molar-refractivity contribution in [2.45, 2.75) is 13.8 Å². The average Bonchev–Trinajstić information content (AvgIpc) is 3.05. The van der Waals surface area contributed by atoms with Crippen LogP contribution in [0.4, 0.5) is 11.4 Å². The topological polar surface area (TPSA) is 110 Å². The molecule has 0 aliphatic heterocycles. The van der Waals surface area contributed by atoms with Crippen molar-refractivity contribution in [3.63, 3.8) is 0 Å². The Morgan fingerprint density at radius 1 is 1.16 bits per heavy atom. The molecule has 1 N–H and O–H groups in total. The number of nitro benzene ring substituents is 1. The van der Waals surface area contributed by atoms with Crippen LogP contribution in [0.2, 0.25) is 0 Å². The lowest BCUT2D eigenvalue weighted by Crippen LogP contribution is -2.13. The van der Waals surface area contributed by atoms with Crippen LogP contribution in [0.15, 0.2) is 60.2 Å². The van der Waals surface area contributed by atoms with Crippen LogP contribution in [0.3, 0.4) is 0 Å². The fraction of sp³-hybridized carbons (Fsp3) is 0.130. The number of nitro groups is 1. The predicted octanol–water partition coefficient (Wildman–Crippen LogP) is 4.56. The van der Waals surface area contributed by atoms with Crippen molar-refractivity contribution >= 4 is 23.4 Å². The monoisotopic (exact) mass is 416 g/mol. The summed E-state index contributed by atoms with van der Waals surface area (Å²) in [6.07, 6.45) is 1.53. The van der Waals surface area contributed by atoms with Gasteiger partial charge >= 0.3 is 0 Å². The third-order valence-electron chi connectivity index (χ3n) is 4.80. The van der Waals surface area contributed by atoms with Crippen molar-refractivity contribution in [2.75, 3.05) is 12.4 Å². The average molecular weight is 416 g/mol. The lowest BCUT2D eigenvalue weighted by Gasteiger charge is -2.09. The Bertz CT molecular complexity index is 1200. The number of carbonyl (C=O) groups is 1. The van der Waals surface area contributed by atoms with E-state index in [-0.39, 0.29) is 11.3 Å². The standard InChI is InChI=1S/C23H20N4O4/c1-15-12-17(16(2)26(15)20-6-8-21(9-7-20)27(29)30)13-18(14-24)23(28)25-19-4-10-22(31-3)11-5-19/h4-13H,1-3H3,(H,25,28)/b18-13-. The van der Waals surface area contributed by atoms with Crippen LogP contribution in [0, 0.1) is 35.3 Å². The van der Waals surface area contributed by atoms with Crippen LogP contribution in [0.1, 0.15) is 17.0 Å². The number of rotatable bonds is 6. The van der Waals surface area contributed by atoms with Gasteiger partial charge in [-0.2, -0.15) is 5.26 Å². The molecule has 156 valence electrons. The molecule has 3 rings (SSSR count). The molecular weight excluding hydrogens is 396 g/mol. The van der Waals surface area contributed by atoms with E-state index in [2.05, 4.69) is 5.32 Å². The van der Waals surface area contributed by atoms with Crippen molar-refractivity contribution in [3.05, 3.63) is 87.2 Å². The lowest BCUT2D eigenvalue weighted by atomic mass is 10.1. The zero-order valence-corrected chi connectivity index (χ0v) is 17.2. The van der Waals surface area contributed by atoms with Gasteiger partial charge in [0.05, 0.1) is 12.0 Å². The van der Waals surface area contributed by atoms with Crippen molar-refractivity contribution in [1.82, 2.24) is 4.57 Å². The summed E-state index contributed by atoms with van der Waals surface area (Å²) < 4.78 is 7.00. The molecule has 0 spiro atoms. The minimum atomic E-state index is -0.521. The van der Waals surface area contributed by atoms with Gasteiger partial charge in [-0.05, 0) is 68.0 Å². The maximum Gasteiger partial charge on any atom is 0.269 e. The third-order valence-corrected chi connectivity index (χ3v) is 4.80. The minimum absolute atomic E-state index is 0.00769. The van der Waals surface area contributed by atoms with Crippen molar-refractivity contribution in [3.8, 4) is 17.5 Å². The molecule has 0 radical (unpaired) electrons. The normalized spacial score (nSPS) is 11.0. The number of carbonyl (C=O) groups excluding carboxylic acids is 1. The molecule has 1 heterocycles. The summed E-state index contributed by atoms with van der Waals surface area (Å²) in [5.74, 6) is 0.139. The molecule has 31 heavy (non-hydrogen) atoms. The first-order chi connectivity index (χ1) is 14.8. The fourth-order valence-electron chi connectivity index (χ4n) is 3.23. The number of aromatic nitrogens is 1. The molecule has 0 fully saturated rings. The molecule has 0 saturated carbocycles. The Morgan fingerprint density at radius 2 is 1.81 bits per heavy atom. The Hall–Kier alpha value is -4.38. The predicted molar refractivity (Wildman–Crippen MR) is 117 cm³/mol. The van der Waals surface area contributed by atoms with E-state index in [1.807, 2.05) is 30.6 Å². The SMILES string of the molecule is COc1ccc(NC(=O)/C(C#N)=C\c2cc(C)n(-c3ccc([N+](=O)[O-])cc3)c2C)cc1. The summed E-state index contributed by atoms with van der Waals surface area (Å²) >= 11 is 0. The van der Waals surface area contributed by atoms with Gasteiger partial charge in [-0.25, -0.2) is 0 Å². The van der Waals surface area contributed by atoms with E-state index in [4.69, 9.17) is 4.74 Å². The Balaban J connectivity index is 1.88. The first-order valence-corrected chi connectivity index (χ1v) is 9.35. The lowest BCUT2D eigenvalue weighted by molar-refractivity contribution is -0.384. The largest absolute Gasteiger partial charge is 0.497 e. The second-order valence-corrected chi connectivity index (χ2v) is 6.79. The maximum atomic E-state index is 12.6. The Labute approximate surface area is 179 Å². The fourth-order valence-corrected chi connectivity index (χ4v) is 3.23. The van der Waals surface area contributed by atoms with Crippen molar-refractivity contribution in [1.29, 1.82) is 5.26 Å². The summed E-state index contributed by atoms with van der Waals surface area (Å²) in [4.78, 5) is 23.0. The van der Waals surface area contributed by atoms with Gasteiger partial charge in [0.1, 0.15) is 17.4 Å². The van der Waals surface area contributed by atoms with Crippen molar-refractivity contribution < 1.29 is 14.5 Å². The van der Waals surface area contributed by atoms with E-state index in [1.54, 1.807) is 43.5 Å². The summed E-state index contributed by atoms with van der Waals surface area (Å²) in [6, 6.07) is 16.8. The first-order valence-electron chi connectivity index (χ1n) is 9.35. The Kier molecular flexibility index (Phi) is 6.17. The minimum Gasteiger partial charge on any atom is -0.497 e. The molecule has 0 aliphatic rings. The molecular formula is C23H20N4O4. The third kappa shape index (κ3) is 4.62. The number of hydrogen-bond donors (Lipinski definition) is 1. The zero-order valence-electron chi connectivity index (χ0n) is 17.2. The van der Waals surface area contributed by atoms with E-state index in [9.17, 15) is 20.2 Å². The second kappa shape index (κ2) is 8.97. The number of ether oxygens (including phenoxy) is 1. The number of anilines is 1. The zero-order chi connectivity index (χ0) is 22.5. The molecule has 8 heteroatoms. The number of nitrogens with zero attached hydrogens (tertiary/aromatic N) is 3. The summed E-state index contributed by atoms with van der Waals surface area (Å²) in [6.45, 7) is 3.74. The van der Waals surface area contributed by atoms with Crippen LogP contribution in [0.5, 0.6) is 5.75 Å². The summed E-state index contributed by atoms with van der Waals surface area (Å²) in [5, 5.41) is 23.1. The van der Waals surface area contributed by atoms with Gasteiger partial charge in [-0.1, -0.05) is 0 Å². The van der Waals surface area contributed by atoms with Crippen molar-refractivity contribution in [2.24, 2.45) is 0 Å². The van der Waals surface area contributed by atoms with E-state index < -0.39 is 10.8 Å². The van der Waals surface area contributed by atoms with Crippen LogP contribution in [-0.4, -0.2) is 22.5 Å². The van der Waals surface area contributed by atoms with Gasteiger partial charge < -0.3 is 14.6 Å². The number of nitrogens with one attached hydrogen (secondary N) is 1. The molecule has 0 saturated heterocycles. The molecule has 0 atom stereocenters. The van der Waals surface area contributed by atoms with Gasteiger partial charge in [0, 0.05) is 34.9 Å². The number of amides is 1. The quantitative estimate of drug-likeness (QED) is 0.274. The molecule has 1 aromatic heterocycles. The van der Waals surface area contributed by atoms with Gasteiger partial charge in [0.2, 0.25) is 0 Å². The maximum absolute atomic E-state index is 12.6. The van der Waals surface area contributed by atoms with E-state index in [0.717, 1.165) is 17.1 Å². The summed E-state index contributed by atoms with van der Waals surface area (Å²) in [7, 11) is 1.55. The molecule has 0 unspecified atom stereocenters.